The summed E-state index contributed by atoms with van der Waals surface area (Å²) in [5.41, 5.74) is 13.4. The van der Waals surface area contributed by atoms with Gasteiger partial charge in [-0.3, -0.25) is 4.99 Å². The van der Waals surface area contributed by atoms with Crippen molar-refractivity contribution in [2.45, 2.75) is 48.5 Å². The average Bonchev–Trinajstić information content (AvgIpc) is 2.95. The minimum Gasteiger partial charge on any atom is -0.358 e. The maximum Gasteiger partial charge on any atom is 0.0762 e. The van der Waals surface area contributed by atoms with E-state index >= 15 is 0 Å². The van der Waals surface area contributed by atoms with Crippen LogP contribution in [0.3, 0.4) is 0 Å². The summed E-state index contributed by atoms with van der Waals surface area (Å²) in [7, 11) is 0. The van der Waals surface area contributed by atoms with Crippen LogP contribution in [0.1, 0.15) is 53.1 Å². The molecule has 0 unspecified atom stereocenters. The topological polar surface area (TPSA) is 28.1 Å². The highest BCUT2D eigenvalue weighted by Crippen LogP contribution is 2.38. The first kappa shape index (κ1) is 16.5. The molecule has 1 aliphatic heterocycles. The van der Waals surface area contributed by atoms with E-state index in [0.29, 0.717) is 0 Å². The number of nitrogens with zero attached hydrogens (tertiary/aromatic N) is 1. The van der Waals surface area contributed by atoms with Gasteiger partial charge in [-0.05, 0) is 88.4 Å². The number of H-pyrrole nitrogens is 1. The fourth-order valence-corrected chi connectivity index (χ4v) is 3.86. The average molecular weight is 318 g/mol. The lowest BCUT2D eigenvalue weighted by atomic mass is 9.88. The molecule has 1 aromatic heterocycles. The van der Waals surface area contributed by atoms with Crippen molar-refractivity contribution >= 4 is 11.3 Å². The van der Waals surface area contributed by atoms with Crippen molar-refractivity contribution in [1.29, 1.82) is 0 Å². The zero-order valence-corrected chi connectivity index (χ0v) is 15.8. The number of aliphatic imine (C=N–C) groups is 1. The standard InChI is InChI=1S/C22H26N2/c1-12-8-13(2)19(14(3)9-12)20(21-15(4)10-17(6)23-21)22-16(5)11-18(7)24-22/h8-11,23H,1-7H3/b22-20+. The Morgan fingerprint density at radius 1 is 0.833 bits per heavy atom. The van der Waals surface area contributed by atoms with Crippen LogP contribution in [-0.4, -0.2) is 10.7 Å². The smallest absolute Gasteiger partial charge is 0.0762 e. The Kier molecular flexibility index (Phi) is 4.08. The summed E-state index contributed by atoms with van der Waals surface area (Å²) in [6.07, 6.45) is 2.17. The summed E-state index contributed by atoms with van der Waals surface area (Å²) < 4.78 is 0. The number of rotatable bonds is 2. The Balaban J connectivity index is 2.40. The van der Waals surface area contributed by atoms with Crippen molar-refractivity contribution in [2.75, 3.05) is 0 Å². The number of benzene rings is 1. The molecule has 2 heterocycles. The second kappa shape index (κ2) is 5.94. The molecule has 2 heteroatoms. The molecule has 3 rings (SSSR count). The van der Waals surface area contributed by atoms with E-state index in [4.69, 9.17) is 4.99 Å². The number of hydrogen-bond acceptors (Lipinski definition) is 1. The van der Waals surface area contributed by atoms with E-state index < -0.39 is 0 Å². The minimum atomic E-state index is 1.07. The van der Waals surface area contributed by atoms with Crippen molar-refractivity contribution in [1.82, 2.24) is 4.98 Å². The predicted molar refractivity (Wildman–Crippen MR) is 104 cm³/mol. The molecule has 0 atom stereocenters. The van der Waals surface area contributed by atoms with Crippen LogP contribution in [0.4, 0.5) is 0 Å². The first-order valence-electron chi connectivity index (χ1n) is 8.51. The molecule has 0 spiro atoms. The van der Waals surface area contributed by atoms with E-state index in [9.17, 15) is 0 Å². The van der Waals surface area contributed by atoms with E-state index in [2.05, 4.69) is 77.7 Å². The molecule has 0 saturated carbocycles. The summed E-state index contributed by atoms with van der Waals surface area (Å²) in [6, 6.07) is 6.73. The Morgan fingerprint density at radius 2 is 1.46 bits per heavy atom. The van der Waals surface area contributed by atoms with E-state index in [0.717, 1.165) is 11.4 Å². The normalized spacial score (nSPS) is 16.3. The Morgan fingerprint density at radius 3 is 1.92 bits per heavy atom. The third-order valence-electron chi connectivity index (χ3n) is 4.65. The van der Waals surface area contributed by atoms with Gasteiger partial charge in [0.2, 0.25) is 0 Å². The van der Waals surface area contributed by atoms with Crippen molar-refractivity contribution in [3.63, 3.8) is 0 Å². The molecule has 0 saturated heterocycles. The van der Waals surface area contributed by atoms with Crippen LogP contribution in [0.2, 0.25) is 0 Å². The van der Waals surface area contributed by atoms with Crippen molar-refractivity contribution in [3.8, 4) is 0 Å². The maximum atomic E-state index is 4.86. The summed E-state index contributed by atoms with van der Waals surface area (Å²) >= 11 is 0. The van der Waals surface area contributed by atoms with Crippen LogP contribution in [-0.2, 0) is 0 Å². The molecule has 2 nitrogen and oxygen atoms in total. The zero-order valence-electron chi connectivity index (χ0n) is 15.8. The second-order valence-electron chi connectivity index (χ2n) is 7.09. The monoisotopic (exact) mass is 318 g/mol. The molecule has 0 amide bonds. The Hall–Kier alpha value is -2.35. The summed E-state index contributed by atoms with van der Waals surface area (Å²) in [5, 5.41) is 0. The Bertz CT molecular complexity index is 894. The van der Waals surface area contributed by atoms with Crippen LogP contribution >= 0.6 is 0 Å². The molecule has 1 aromatic carbocycles. The van der Waals surface area contributed by atoms with Gasteiger partial charge in [0.05, 0.1) is 11.4 Å². The number of nitrogens with one attached hydrogen (secondary N) is 1. The number of aryl methyl sites for hydroxylation is 5. The van der Waals surface area contributed by atoms with Gasteiger partial charge in [-0.1, -0.05) is 17.7 Å². The van der Waals surface area contributed by atoms with Gasteiger partial charge in [0, 0.05) is 17.0 Å². The zero-order chi connectivity index (χ0) is 17.6. The maximum absolute atomic E-state index is 4.86. The molecule has 0 bridgehead atoms. The van der Waals surface area contributed by atoms with Crippen LogP contribution in [0.25, 0.3) is 5.57 Å². The van der Waals surface area contributed by atoms with Gasteiger partial charge in [-0.25, -0.2) is 0 Å². The molecule has 1 aliphatic rings. The highest BCUT2D eigenvalue weighted by Gasteiger charge is 2.22. The molecule has 24 heavy (non-hydrogen) atoms. The van der Waals surface area contributed by atoms with Crippen molar-refractivity contribution in [3.05, 3.63) is 74.8 Å². The van der Waals surface area contributed by atoms with Gasteiger partial charge < -0.3 is 4.98 Å². The fraction of sp³-hybridized carbons (Fsp3) is 0.318. The van der Waals surface area contributed by atoms with Crippen LogP contribution in [0, 0.1) is 34.6 Å². The van der Waals surface area contributed by atoms with Gasteiger partial charge in [-0.2, -0.15) is 0 Å². The SMILES string of the molecule is CC1=CC(C)=N/C1=C(/c1[nH]c(C)cc1C)c1c(C)cc(C)cc1C. The van der Waals surface area contributed by atoms with Crippen molar-refractivity contribution in [2.24, 2.45) is 4.99 Å². The van der Waals surface area contributed by atoms with Gasteiger partial charge >= 0.3 is 0 Å². The molecule has 124 valence electrons. The molecule has 2 aromatic rings. The molecule has 1 N–H and O–H groups in total. The first-order chi connectivity index (χ1) is 11.3. The lowest BCUT2D eigenvalue weighted by Gasteiger charge is -2.18. The third kappa shape index (κ3) is 2.77. The summed E-state index contributed by atoms with van der Waals surface area (Å²) in [6.45, 7) is 15.1. The van der Waals surface area contributed by atoms with E-state index in [-0.39, 0.29) is 0 Å². The van der Waals surface area contributed by atoms with Gasteiger partial charge in [-0.15, -0.1) is 0 Å². The van der Waals surface area contributed by atoms with Crippen LogP contribution in [0.15, 0.2) is 40.5 Å². The molecule has 0 fully saturated rings. The lowest BCUT2D eigenvalue weighted by molar-refractivity contribution is 1.19. The number of allylic oxidation sites excluding steroid dienone is 2. The van der Waals surface area contributed by atoms with Gasteiger partial charge in [0.15, 0.2) is 0 Å². The van der Waals surface area contributed by atoms with E-state index in [1.807, 2.05) is 0 Å². The minimum absolute atomic E-state index is 1.07. The predicted octanol–water partition coefficient (Wildman–Crippen LogP) is 5.74. The van der Waals surface area contributed by atoms with E-state index in [1.54, 1.807) is 0 Å². The highest BCUT2D eigenvalue weighted by molar-refractivity contribution is 6.01. The summed E-state index contributed by atoms with van der Waals surface area (Å²) in [4.78, 5) is 8.43. The third-order valence-corrected chi connectivity index (χ3v) is 4.65. The highest BCUT2D eigenvalue weighted by atomic mass is 14.8. The van der Waals surface area contributed by atoms with E-state index in [1.165, 1.54) is 50.4 Å². The first-order valence-corrected chi connectivity index (χ1v) is 8.51. The molecule has 0 radical (unpaired) electrons. The number of aromatic nitrogens is 1. The van der Waals surface area contributed by atoms with Crippen molar-refractivity contribution < 1.29 is 0 Å². The lowest BCUT2D eigenvalue weighted by Crippen LogP contribution is -2.01. The molecule has 0 aliphatic carbocycles. The summed E-state index contributed by atoms with van der Waals surface area (Å²) in [5.74, 6) is 0. The van der Waals surface area contributed by atoms with Crippen LogP contribution in [0.5, 0.6) is 0 Å². The fourth-order valence-electron chi connectivity index (χ4n) is 3.86. The number of hydrogen-bond donors (Lipinski definition) is 1. The molecular formula is C22H26N2. The molecular weight excluding hydrogens is 292 g/mol. The second-order valence-corrected chi connectivity index (χ2v) is 7.09. The number of aromatic amines is 1. The van der Waals surface area contributed by atoms with Gasteiger partial charge in [0.1, 0.15) is 0 Å². The van der Waals surface area contributed by atoms with Gasteiger partial charge in [0.25, 0.3) is 0 Å². The quantitative estimate of drug-likeness (QED) is 0.731. The van der Waals surface area contributed by atoms with Crippen LogP contribution < -0.4 is 0 Å². The Labute approximate surface area is 145 Å². The largest absolute Gasteiger partial charge is 0.358 e.